The molecule has 3 rings (SSSR count). The molecule has 1 atom stereocenters. The number of esters is 1. The SMILES string of the molecule is CC(c1cn2c(n1)OC(=O)/C=C/C(=O)O2)c1cccc(C(F)(F)F)c1F. The van der Waals surface area contributed by atoms with E-state index in [4.69, 9.17) is 9.57 Å². The van der Waals surface area contributed by atoms with Gasteiger partial charge in [-0.05, 0) is 11.6 Å². The van der Waals surface area contributed by atoms with E-state index in [1.807, 2.05) is 0 Å². The van der Waals surface area contributed by atoms with E-state index in [1.165, 1.54) is 13.0 Å². The topological polar surface area (TPSA) is 70.4 Å². The van der Waals surface area contributed by atoms with Gasteiger partial charge in [-0.25, -0.2) is 14.0 Å². The van der Waals surface area contributed by atoms with Crippen LogP contribution in [0, 0.1) is 5.82 Å². The molecular formula is C16H10F4N2O4. The van der Waals surface area contributed by atoms with Crippen molar-refractivity contribution in [2.45, 2.75) is 19.0 Å². The predicted octanol–water partition coefficient (Wildman–Crippen LogP) is 2.62. The average Bonchev–Trinajstić information content (AvgIpc) is 2.92. The van der Waals surface area contributed by atoms with E-state index in [0.717, 1.165) is 29.1 Å². The number of fused-ring (bicyclic) bond motifs is 1. The molecular weight excluding hydrogens is 360 g/mol. The molecule has 0 saturated carbocycles. The zero-order chi connectivity index (χ0) is 19.1. The molecule has 0 N–H and O–H groups in total. The second kappa shape index (κ2) is 6.28. The van der Waals surface area contributed by atoms with Crippen molar-refractivity contribution in [1.82, 2.24) is 9.71 Å². The van der Waals surface area contributed by atoms with Crippen molar-refractivity contribution >= 4 is 11.9 Å². The number of ether oxygens (including phenoxy) is 1. The van der Waals surface area contributed by atoms with Gasteiger partial charge in [-0.3, -0.25) is 0 Å². The third-order valence-corrected chi connectivity index (χ3v) is 3.64. The molecule has 0 radical (unpaired) electrons. The van der Waals surface area contributed by atoms with Crippen molar-refractivity contribution in [2.75, 3.05) is 0 Å². The van der Waals surface area contributed by atoms with Crippen molar-refractivity contribution in [3.8, 4) is 6.01 Å². The van der Waals surface area contributed by atoms with Crippen LogP contribution in [0.5, 0.6) is 6.01 Å². The first-order valence-corrected chi connectivity index (χ1v) is 7.24. The third kappa shape index (κ3) is 3.30. The standard InChI is InChI=1S/C16H10F4N2O4/c1-8(9-3-2-4-10(14(9)17)16(18,19)20)11-7-22-15(21-11)25-12(23)5-6-13(24)26-22/h2-8H,1H3/b6-5+. The lowest BCUT2D eigenvalue weighted by atomic mass is 9.95. The highest BCUT2D eigenvalue weighted by Gasteiger charge is 2.36. The summed E-state index contributed by atoms with van der Waals surface area (Å²) < 4.78 is 58.5. The van der Waals surface area contributed by atoms with Gasteiger partial charge in [0.2, 0.25) is 0 Å². The third-order valence-electron chi connectivity index (χ3n) is 3.64. The van der Waals surface area contributed by atoms with Gasteiger partial charge in [-0.2, -0.15) is 18.2 Å². The molecule has 10 heteroatoms. The summed E-state index contributed by atoms with van der Waals surface area (Å²) in [7, 11) is 0. The first kappa shape index (κ1) is 17.6. The average molecular weight is 370 g/mol. The van der Waals surface area contributed by atoms with E-state index in [0.29, 0.717) is 6.07 Å². The number of carbonyl (C=O) groups is 2. The van der Waals surface area contributed by atoms with Crippen LogP contribution in [0.3, 0.4) is 0 Å². The van der Waals surface area contributed by atoms with Crippen molar-refractivity contribution in [3.63, 3.8) is 0 Å². The summed E-state index contributed by atoms with van der Waals surface area (Å²) in [5.74, 6) is -4.14. The maximum Gasteiger partial charge on any atom is 0.419 e. The molecule has 26 heavy (non-hydrogen) atoms. The van der Waals surface area contributed by atoms with Gasteiger partial charge < -0.3 is 9.57 Å². The Labute approximate surface area is 143 Å². The second-order valence-corrected chi connectivity index (χ2v) is 5.37. The molecule has 0 saturated heterocycles. The molecule has 1 aromatic carbocycles. The van der Waals surface area contributed by atoms with Crippen LogP contribution in [0.15, 0.2) is 36.5 Å². The minimum absolute atomic E-state index is 0.0423. The van der Waals surface area contributed by atoms with Crippen LogP contribution in [-0.2, 0) is 15.8 Å². The van der Waals surface area contributed by atoms with E-state index < -0.39 is 41.4 Å². The van der Waals surface area contributed by atoms with Crippen LogP contribution in [0.25, 0.3) is 0 Å². The van der Waals surface area contributed by atoms with Gasteiger partial charge in [0.1, 0.15) is 5.82 Å². The maximum atomic E-state index is 14.3. The Balaban J connectivity index is 2.00. The summed E-state index contributed by atoms with van der Waals surface area (Å²) in [5, 5.41) is 0. The van der Waals surface area contributed by atoms with Gasteiger partial charge in [0, 0.05) is 18.1 Å². The number of carbonyl (C=O) groups excluding carboxylic acids is 2. The largest absolute Gasteiger partial charge is 0.419 e. The van der Waals surface area contributed by atoms with Crippen molar-refractivity contribution < 1.29 is 36.7 Å². The van der Waals surface area contributed by atoms with Crippen LogP contribution in [0.1, 0.15) is 29.7 Å². The molecule has 136 valence electrons. The first-order valence-electron chi connectivity index (χ1n) is 7.24. The molecule has 0 spiro atoms. The number of aromatic nitrogens is 2. The van der Waals surface area contributed by atoms with Crippen LogP contribution in [0.4, 0.5) is 17.6 Å². The number of alkyl halides is 3. The van der Waals surface area contributed by atoms with E-state index in [-0.39, 0.29) is 11.3 Å². The quantitative estimate of drug-likeness (QED) is 0.600. The summed E-state index contributed by atoms with van der Waals surface area (Å²) in [6.07, 6.45) is -2.05. The van der Waals surface area contributed by atoms with Gasteiger partial charge in [0.15, 0.2) is 0 Å². The Morgan fingerprint density at radius 3 is 2.54 bits per heavy atom. The number of hydrogen-bond acceptors (Lipinski definition) is 5. The number of hydrogen-bond donors (Lipinski definition) is 0. The van der Waals surface area contributed by atoms with Gasteiger partial charge in [-0.1, -0.05) is 19.1 Å². The molecule has 1 aliphatic rings. The lowest BCUT2D eigenvalue weighted by Crippen LogP contribution is -2.22. The normalized spacial score (nSPS) is 16.8. The Bertz CT molecular complexity index is 880. The number of nitrogens with zero attached hydrogens (tertiary/aromatic N) is 2. The molecule has 1 aliphatic heterocycles. The monoisotopic (exact) mass is 370 g/mol. The predicted molar refractivity (Wildman–Crippen MR) is 77.5 cm³/mol. The smallest absolute Gasteiger partial charge is 0.387 e. The molecule has 2 aromatic rings. The van der Waals surface area contributed by atoms with Crippen LogP contribution >= 0.6 is 0 Å². The van der Waals surface area contributed by atoms with Crippen LogP contribution in [0.2, 0.25) is 0 Å². The Hall–Kier alpha value is -3.17. The fourth-order valence-corrected chi connectivity index (χ4v) is 2.36. The maximum absolute atomic E-state index is 14.3. The highest BCUT2D eigenvalue weighted by Crippen LogP contribution is 2.36. The summed E-state index contributed by atoms with van der Waals surface area (Å²) in [6, 6.07) is 2.49. The zero-order valence-corrected chi connectivity index (χ0v) is 13.1. The number of benzene rings is 1. The summed E-state index contributed by atoms with van der Waals surface area (Å²) in [6.45, 7) is 1.41. The summed E-state index contributed by atoms with van der Waals surface area (Å²) >= 11 is 0. The van der Waals surface area contributed by atoms with E-state index in [2.05, 4.69) is 4.98 Å². The fraction of sp³-hybridized carbons (Fsp3) is 0.188. The van der Waals surface area contributed by atoms with Gasteiger partial charge in [-0.15, -0.1) is 4.73 Å². The van der Waals surface area contributed by atoms with Crippen LogP contribution < -0.4 is 9.57 Å². The first-order chi connectivity index (χ1) is 12.2. The molecule has 1 unspecified atom stereocenters. The van der Waals surface area contributed by atoms with Gasteiger partial charge >= 0.3 is 24.1 Å². The highest BCUT2D eigenvalue weighted by atomic mass is 19.4. The van der Waals surface area contributed by atoms with E-state index in [1.54, 1.807) is 0 Å². The van der Waals surface area contributed by atoms with E-state index in [9.17, 15) is 27.2 Å². The van der Waals surface area contributed by atoms with Crippen molar-refractivity contribution in [3.05, 3.63) is 59.2 Å². The summed E-state index contributed by atoms with van der Waals surface area (Å²) in [5.41, 5.74) is -1.62. The number of rotatable bonds is 2. The van der Waals surface area contributed by atoms with Gasteiger partial charge in [0.25, 0.3) is 0 Å². The van der Waals surface area contributed by atoms with Gasteiger partial charge in [0.05, 0.1) is 17.5 Å². The minimum Gasteiger partial charge on any atom is -0.387 e. The molecule has 0 fully saturated rings. The molecule has 1 aromatic heterocycles. The Kier molecular flexibility index (Phi) is 4.26. The lowest BCUT2D eigenvalue weighted by Gasteiger charge is -2.14. The fourth-order valence-electron chi connectivity index (χ4n) is 2.36. The lowest BCUT2D eigenvalue weighted by molar-refractivity contribution is -0.142. The minimum atomic E-state index is -4.85. The Morgan fingerprint density at radius 2 is 1.85 bits per heavy atom. The number of halogens is 4. The van der Waals surface area contributed by atoms with Crippen molar-refractivity contribution in [2.24, 2.45) is 0 Å². The molecule has 0 aliphatic carbocycles. The number of imidazole rings is 1. The molecule has 6 nitrogen and oxygen atoms in total. The highest BCUT2D eigenvalue weighted by molar-refractivity contribution is 5.93. The molecule has 0 bridgehead atoms. The summed E-state index contributed by atoms with van der Waals surface area (Å²) in [4.78, 5) is 31.6. The van der Waals surface area contributed by atoms with Crippen LogP contribution in [-0.4, -0.2) is 21.7 Å². The Morgan fingerprint density at radius 1 is 1.15 bits per heavy atom. The second-order valence-electron chi connectivity index (χ2n) is 5.37. The van der Waals surface area contributed by atoms with E-state index >= 15 is 0 Å². The van der Waals surface area contributed by atoms with Crippen molar-refractivity contribution in [1.29, 1.82) is 0 Å². The molecule has 2 heterocycles. The molecule has 0 amide bonds. The zero-order valence-electron chi connectivity index (χ0n) is 13.1.